The Morgan fingerprint density at radius 2 is 1.88 bits per heavy atom. The number of imidazole rings is 1. The van der Waals surface area contributed by atoms with Crippen molar-refractivity contribution in [3.63, 3.8) is 0 Å². The number of hydrogen-bond acceptors (Lipinski definition) is 8. The van der Waals surface area contributed by atoms with E-state index in [1.165, 1.54) is 11.0 Å². The number of anilines is 1. The zero-order valence-corrected chi connectivity index (χ0v) is 20.0. The number of nitrogens with zero attached hydrogens (tertiary/aromatic N) is 8. The van der Waals surface area contributed by atoms with Gasteiger partial charge in [0.1, 0.15) is 0 Å². The standard InChI is InChI=1S/C22H27N9O2S/c1-15(14-34-22-25-26-27-31(22)16-9-5-3-6-10-16)13-30-17-18(28(2)21(33)24-19(17)32)23-20(30)29-11-7-4-8-12-29/h3,5-6,9-10,15H,4,7-8,11-14H2,1-2H3,(H,24,32,33). The van der Waals surface area contributed by atoms with Crippen LogP contribution in [0.3, 0.4) is 0 Å². The molecule has 4 aromatic rings. The summed E-state index contributed by atoms with van der Waals surface area (Å²) >= 11 is 1.57. The van der Waals surface area contributed by atoms with Gasteiger partial charge in [-0.05, 0) is 47.7 Å². The number of aromatic nitrogens is 8. The number of aromatic amines is 1. The molecule has 4 heterocycles. The molecule has 0 amide bonds. The van der Waals surface area contributed by atoms with Gasteiger partial charge in [0.05, 0.1) is 5.69 Å². The van der Waals surface area contributed by atoms with Gasteiger partial charge in [0.15, 0.2) is 11.2 Å². The summed E-state index contributed by atoms with van der Waals surface area (Å²) in [6, 6.07) is 9.78. The quantitative estimate of drug-likeness (QED) is 0.397. The van der Waals surface area contributed by atoms with Crippen LogP contribution in [0.2, 0.25) is 0 Å². The first kappa shape index (κ1) is 22.4. The molecule has 12 heteroatoms. The highest BCUT2D eigenvalue weighted by Gasteiger charge is 2.24. The van der Waals surface area contributed by atoms with Crippen LogP contribution >= 0.6 is 11.8 Å². The van der Waals surface area contributed by atoms with Gasteiger partial charge in [0.2, 0.25) is 11.1 Å². The number of piperidine rings is 1. The predicted octanol–water partition coefficient (Wildman–Crippen LogP) is 1.82. The molecular formula is C22H27N9O2S. The second-order valence-electron chi connectivity index (χ2n) is 8.69. The second kappa shape index (κ2) is 9.45. The van der Waals surface area contributed by atoms with E-state index in [9.17, 15) is 9.59 Å². The predicted molar refractivity (Wildman–Crippen MR) is 131 cm³/mol. The molecule has 1 fully saturated rings. The molecule has 1 aromatic carbocycles. The first-order chi connectivity index (χ1) is 16.5. The van der Waals surface area contributed by atoms with Gasteiger partial charge in [0.25, 0.3) is 5.56 Å². The maximum atomic E-state index is 12.8. The summed E-state index contributed by atoms with van der Waals surface area (Å²) in [5.74, 6) is 1.69. The smallest absolute Gasteiger partial charge is 0.329 e. The SMILES string of the molecule is CC(CSc1nnnn1-c1ccccc1)Cn1c(N2CCCCC2)nc2c1c(=O)[nH]c(=O)n2C. The summed E-state index contributed by atoms with van der Waals surface area (Å²) in [5.41, 5.74) is 0.907. The van der Waals surface area contributed by atoms with Crippen molar-refractivity contribution in [2.45, 2.75) is 37.9 Å². The molecule has 1 aliphatic rings. The Bertz CT molecular complexity index is 1400. The molecule has 34 heavy (non-hydrogen) atoms. The van der Waals surface area contributed by atoms with Crippen LogP contribution in [-0.4, -0.2) is 58.2 Å². The van der Waals surface area contributed by atoms with Gasteiger partial charge in [0, 0.05) is 32.4 Å². The highest BCUT2D eigenvalue weighted by atomic mass is 32.2. The third kappa shape index (κ3) is 4.25. The van der Waals surface area contributed by atoms with Crippen molar-refractivity contribution < 1.29 is 0 Å². The Balaban J connectivity index is 1.42. The summed E-state index contributed by atoms with van der Waals surface area (Å²) in [4.78, 5) is 34.4. The van der Waals surface area contributed by atoms with Crippen LogP contribution in [-0.2, 0) is 13.6 Å². The lowest BCUT2D eigenvalue weighted by Crippen LogP contribution is -2.33. The lowest BCUT2D eigenvalue weighted by molar-refractivity contribution is 0.514. The van der Waals surface area contributed by atoms with E-state index in [0.29, 0.717) is 22.9 Å². The Morgan fingerprint density at radius 3 is 2.65 bits per heavy atom. The van der Waals surface area contributed by atoms with Crippen molar-refractivity contribution in [1.82, 2.24) is 39.3 Å². The molecule has 0 saturated carbocycles. The van der Waals surface area contributed by atoms with Gasteiger partial charge in [-0.15, -0.1) is 5.10 Å². The number of hydrogen-bond donors (Lipinski definition) is 1. The molecule has 0 spiro atoms. The molecule has 1 N–H and O–H groups in total. The van der Waals surface area contributed by atoms with E-state index in [2.05, 4.69) is 32.3 Å². The molecule has 0 aliphatic carbocycles. The van der Waals surface area contributed by atoms with E-state index in [1.807, 2.05) is 34.9 Å². The van der Waals surface area contributed by atoms with Crippen molar-refractivity contribution in [1.29, 1.82) is 0 Å². The van der Waals surface area contributed by atoms with Crippen molar-refractivity contribution in [2.75, 3.05) is 23.7 Å². The Kier molecular flexibility index (Phi) is 6.22. The van der Waals surface area contributed by atoms with Gasteiger partial charge in [-0.1, -0.05) is 36.9 Å². The zero-order valence-electron chi connectivity index (χ0n) is 19.2. The fourth-order valence-corrected chi connectivity index (χ4v) is 5.21. The number of thioether (sulfide) groups is 1. The van der Waals surface area contributed by atoms with Gasteiger partial charge >= 0.3 is 5.69 Å². The first-order valence-corrected chi connectivity index (χ1v) is 12.4. The molecule has 3 aromatic heterocycles. The fraction of sp³-hybridized carbons (Fsp3) is 0.455. The molecule has 1 unspecified atom stereocenters. The molecule has 0 bridgehead atoms. The fourth-order valence-electron chi connectivity index (χ4n) is 4.31. The van der Waals surface area contributed by atoms with Crippen molar-refractivity contribution in [3.8, 4) is 5.69 Å². The van der Waals surface area contributed by atoms with Crippen molar-refractivity contribution in [3.05, 3.63) is 51.2 Å². The maximum Gasteiger partial charge on any atom is 0.329 e. The summed E-state index contributed by atoms with van der Waals surface area (Å²) in [5, 5.41) is 12.9. The van der Waals surface area contributed by atoms with Crippen LogP contribution < -0.4 is 16.1 Å². The third-order valence-electron chi connectivity index (χ3n) is 6.06. The normalized spacial score (nSPS) is 15.2. The number of benzene rings is 1. The van der Waals surface area contributed by atoms with E-state index in [1.54, 1.807) is 23.5 Å². The van der Waals surface area contributed by atoms with Gasteiger partial charge in [-0.2, -0.15) is 9.67 Å². The largest absolute Gasteiger partial charge is 0.342 e. The minimum Gasteiger partial charge on any atom is -0.342 e. The third-order valence-corrected chi connectivity index (χ3v) is 7.31. The zero-order chi connectivity index (χ0) is 23.7. The maximum absolute atomic E-state index is 12.8. The topological polar surface area (TPSA) is 120 Å². The Morgan fingerprint density at radius 1 is 1.12 bits per heavy atom. The minimum atomic E-state index is -0.455. The molecule has 1 aliphatic heterocycles. The second-order valence-corrected chi connectivity index (χ2v) is 9.67. The average molecular weight is 482 g/mol. The molecule has 1 atom stereocenters. The number of rotatable bonds is 7. The molecule has 11 nitrogen and oxygen atoms in total. The monoisotopic (exact) mass is 481 g/mol. The van der Waals surface area contributed by atoms with Gasteiger partial charge in [-0.25, -0.2) is 4.79 Å². The molecule has 178 valence electrons. The summed E-state index contributed by atoms with van der Waals surface area (Å²) in [7, 11) is 1.64. The van der Waals surface area contributed by atoms with Gasteiger partial charge in [-0.3, -0.25) is 14.3 Å². The number of H-pyrrole nitrogens is 1. The van der Waals surface area contributed by atoms with Crippen LogP contribution in [0.15, 0.2) is 45.1 Å². The van der Waals surface area contributed by atoms with Crippen molar-refractivity contribution >= 4 is 28.9 Å². The average Bonchev–Trinajstić information content (AvgIpc) is 3.48. The van der Waals surface area contributed by atoms with E-state index in [4.69, 9.17) is 4.98 Å². The summed E-state index contributed by atoms with van der Waals surface area (Å²) < 4.78 is 5.11. The number of fused-ring (bicyclic) bond motifs is 1. The molecule has 5 rings (SSSR count). The lowest BCUT2D eigenvalue weighted by atomic mass is 10.1. The molecule has 1 saturated heterocycles. The summed E-state index contributed by atoms with van der Waals surface area (Å²) in [6.07, 6.45) is 3.37. The van der Waals surface area contributed by atoms with Crippen LogP contribution in [0.5, 0.6) is 0 Å². The molecule has 0 radical (unpaired) electrons. The molecular weight excluding hydrogens is 454 g/mol. The minimum absolute atomic E-state index is 0.184. The number of aryl methyl sites for hydroxylation is 1. The van der Waals surface area contributed by atoms with E-state index >= 15 is 0 Å². The van der Waals surface area contributed by atoms with Crippen molar-refractivity contribution in [2.24, 2.45) is 13.0 Å². The number of tetrazole rings is 1. The summed E-state index contributed by atoms with van der Waals surface area (Å²) in [6.45, 7) is 4.50. The van der Waals surface area contributed by atoms with Crippen LogP contribution in [0, 0.1) is 5.92 Å². The van der Waals surface area contributed by atoms with E-state index in [0.717, 1.165) is 43.3 Å². The van der Waals surface area contributed by atoms with E-state index < -0.39 is 11.2 Å². The van der Waals surface area contributed by atoms with Crippen LogP contribution in [0.25, 0.3) is 16.9 Å². The van der Waals surface area contributed by atoms with Crippen LogP contribution in [0.4, 0.5) is 5.95 Å². The van der Waals surface area contributed by atoms with Gasteiger partial charge < -0.3 is 9.47 Å². The first-order valence-electron chi connectivity index (χ1n) is 11.4. The number of para-hydroxylation sites is 1. The lowest BCUT2D eigenvalue weighted by Gasteiger charge is -2.28. The van der Waals surface area contributed by atoms with Crippen LogP contribution in [0.1, 0.15) is 26.2 Å². The highest BCUT2D eigenvalue weighted by Crippen LogP contribution is 2.26. The highest BCUT2D eigenvalue weighted by molar-refractivity contribution is 7.99. The van der Waals surface area contributed by atoms with E-state index in [-0.39, 0.29) is 5.92 Å². The Labute approximate surface area is 199 Å². The Hall–Kier alpha value is -3.41. The number of nitrogens with one attached hydrogen (secondary N) is 1.